The summed E-state index contributed by atoms with van der Waals surface area (Å²) < 4.78 is 18.9. The van der Waals surface area contributed by atoms with Gasteiger partial charge in [-0.3, -0.25) is 20.2 Å². The van der Waals surface area contributed by atoms with Crippen LogP contribution in [0.25, 0.3) is 0 Å². The van der Waals surface area contributed by atoms with Gasteiger partial charge in [0, 0.05) is 23.7 Å². The van der Waals surface area contributed by atoms with Crippen molar-refractivity contribution in [2.24, 2.45) is 5.92 Å². The fraction of sp³-hybridized carbons (Fsp3) is 0.680. The highest BCUT2D eigenvalue weighted by Crippen LogP contribution is 2.60. The molecule has 2 unspecified atom stereocenters. The van der Waals surface area contributed by atoms with Crippen molar-refractivity contribution in [3.8, 4) is 5.75 Å². The molecule has 1 aromatic carbocycles. The molecule has 4 aliphatic carbocycles. The van der Waals surface area contributed by atoms with Crippen LogP contribution in [0.15, 0.2) is 18.2 Å². The van der Waals surface area contributed by atoms with E-state index in [9.17, 15) is 19.1 Å². The fourth-order valence-corrected chi connectivity index (χ4v) is 6.72. The molecule has 1 aromatic rings. The number of nitrogens with one attached hydrogen (secondary N) is 4. The molecule has 192 valence electrons. The van der Waals surface area contributed by atoms with Crippen LogP contribution < -0.4 is 26.0 Å². The summed E-state index contributed by atoms with van der Waals surface area (Å²) in [6, 6.07) is 4.05. The van der Waals surface area contributed by atoms with Crippen molar-refractivity contribution < 1.29 is 23.8 Å². The van der Waals surface area contributed by atoms with Gasteiger partial charge in [-0.25, -0.2) is 4.39 Å². The Morgan fingerprint density at radius 1 is 1.09 bits per heavy atom. The second-order valence-corrected chi connectivity index (χ2v) is 11.3. The van der Waals surface area contributed by atoms with Gasteiger partial charge in [-0.2, -0.15) is 0 Å². The summed E-state index contributed by atoms with van der Waals surface area (Å²) in [5.41, 5.74) is -1.45. The first-order valence-electron chi connectivity index (χ1n) is 12.6. The fourth-order valence-electron chi connectivity index (χ4n) is 6.60. The zero-order valence-corrected chi connectivity index (χ0v) is 20.6. The van der Waals surface area contributed by atoms with Crippen molar-refractivity contribution in [2.45, 2.75) is 87.2 Å². The molecule has 0 aromatic heterocycles. The van der Waals surface area contributed by atoms with Crippen molar-refractivity contribution in [3.63, 3.8) is 0 Å². The van der Waals surface area contributed by atoms with E-state index in [-0.39, 0.29) is 46.2 Å². The Hall–Kier alpha value is -1.94. The number of aliphatic hydroxyl groups is 1. The Morgan fingerprint density at radius 3 is 2.37 bits per heavy atom. The molecule has 1 aliphatic heterocycles. The van der Waals surface area contributed by atoms with Crippen LogP contribution in [0.3, 0.4) is 0 Å². The second kappa shape index (κ2) is 9.50. The molecular weight excluding hydrogens is 475 g/mol. The molecule has 2 bridgehead atoms. The second-order valence-electron chi connectivity index (χ2n) is 10.9. The number of hydrogen-bond donors (Lipinski definition) is 5. The van der Waals surface area contributed by atoms with Crippen LogP contribution >= 0.6 is 11.6 Å². The van der Waals surface area contributed by atoms with Crippen LogP contribution in [-0.2, 0) is 9.59 Å². The maximum Gasteiger partial charge on any atom is 0.258 e. The molecule has 6 rings (SSSR count). The van der Waals surface area contributed by atoms with E-state index in [0.29, 0.717) is 25.8 Å². The topological polar surface area (TPSA) is 112 Å². The minimum absolute atomic E-state index is 0.00238. The summed E-state index contributed by atoms with van der Waals surface area (Å²) in [6.07, 6.45) is 8.89. The van der Waals surface area contributed by atoms with Crippen LogP contribution in [0.4, 0.5) is 4.39 Å². The van der Waals surface area contributed by atoms with Crippen LogP contribution in [-0.4, -0.2) is 53.0 Å². The summed E-state index contributed by atoms with van der Waals surface area (Å²) in [6.45, 7) is 0.186. The zero-order chi connectivity index (χ0) is 24.7. The molecule has 8 nitrogen and oxygen atoms in total. The van der Waals surface area contributed by atoms with Gasteiger partial charge in [-0.15, -0.1) is 0 Å². The van der Waals surface area contributed by atoms with Gasteiger partial charge < -0.3 is 20.5 Å². The maximum absolute atomic E-state index is 13.6. The molecule has 10 heteroatoms. The lowest BCUT2D eigenvalue weighted by Crippen LogP contribution is -2.85. The number of hydrogen-bond acceptors (Lipinski definition) is 6. The number of amides is 2. The smallest absolute Gasteiger partial charge is 0.258 e. The van der Waals surface area contributed by atoms with Crippen molar-refractivity contribution in [2.75, 3.05) is 13.2 Å². The Kier molecular flexibility index (Phi) is 6.72. The lowest BCUT2D eigenvalue weighted by Gasteiger charge is -2.70. The maximum atomic E-state index is 13.6. The number of halogens is 2. The summed E-state index contributed by atoms with van der Waals surface area (Å²) in [7, 11) is 0. The first-order chi connectivity index (χ1) is 16.7. The van der Waals surface area contributed by atoms with Gasteiger partial charge in [0.25, 0.3) is 5.91 Å². The number of carbonyl (C=O) groups is 2. The summed E-state index contributed by atoms with van der Waals surface area (Å²) in [4.78, 5) is 26.0. The molecule has 4 saturated carbocycles. The third-order valence-corrected chi connectivity index (χ3v) is 8.56. The quantitative estimate of drug-likeness (QED) is 0.386. The lowest BCUT2D eigenvalue weighted by atomic mass is 9.44. The Morgan fingerprint density at radius 2 is 1.74 bits per heavy atom. The molecule has 0 spiro atoms. The van der Waals surface area contributed by atoms with Crippen molar-refractivity contribution in [1.82, 2.24) is 21.3 Å². The normalized spacial score (nSPS) is 34.7. The van der Waals surface area contributed by atoms with Crippen LogP contribution in [0.2, 0.25) is 5.02 Å². The van der Waals surface area contributed by atoms with Crippen molar-refractivity contribution in [3.05, 3.63) is 29.0 Å². The minimum Gasteiger partial charge on any atom is -0.484 e. The van der Waals surface area contributed by atoms with Crippen molar-refractivity contribution in [1.29, 1.82) is 0 Å². The highest BCUT2D eigenvalue weighted by molar-refractivity contribution is 6.30. The number of benzene rings is 1. The molecule has 0 radical (unpaired) electrons. The largest absolute Gasteiger partial charge is 0.484 e. The lowest BCUT2D eigenvalue weighted by molar-refractivity contribution is -0.155. The summed E-state index contributed by atoms with van der Waals surface area (Å²) in [5, 5.41) is 22.6. The predicted molar refractivity (Wildman–Crippen MR) is 128 cm³/mol. The van der Waals surface area contributed by atoms with E-state index < -0.39 is 17.7 Å². The summed E-state index contributed by atoms with van der Waals surface area (Å²) in [5.74, 6) is -0.528. The SMILES string of the molecule is O=C(COc1ccc(Cl)c(F)c1)NC12CC(NC(=O)C3(C4CCCCCCC4)CNC(O)N3)(C1)C2. The molecule has 2 atom stereocenters. The van der Waals surface area contributed by atoms with Crippen LogP contribution in [0.1, 0.15) is 64.2 Å². The van der Waals surface area contributed by atoms with Crippen molar-refractivity contribution >= 4 is 23.4 Å². The first kappa shape index (κ1) is 24.7. The molecule has 1 heterocycles. The van der Waals surface area contributed by atoms with Gasteiger partial charge in [-0.1, -0.05) is 43.7 Å². The molecule has 1 saturated heterocycles. The summed E-state index contributed by atoms with van der Waals surface area (Å²) >= 11 is 5.67. The van der Waals surface area contributed by atoms with E-state index in [1.54, 1.807) is 0 Å². The average molecular weight is 509 g/mol. The van der Waals surface area contributed by atoms with Gasteiger partial charge in [0.15, 0.2) is 13.0 Å². The van der Waals surface area contributed by atoms with E-state index in [1.807, 2.05) is 0 Å². The third kappa shape index (κ3) is 4.88. The molecule has 35 heavy (non-hydrogen) atoms. The Balaban J connectivity index is 1.14. The van der Waals surface area contributed by atoms with Gasteiger partial charge in [0.2, 0.25) is 5.91 Å². The predicted octanol–water partition coefficient (Wildman–Crippen LogP) is 2.33. The van der Waals surface area contributed by atoms with Gasteiger partial charge >= 0.3 is 0 Å². The van der Waals surface area contributed by atoms with Gasteiger partial charge in [-0.05, 0) is 50.2 Å². The number of ether oxygens (including phenoxy) is 1. The van der Waals surface area contributed by atoms with E-state index in [4.69, 9.17) is 16.3 Å². The van der Waals surface area contributed by atoms with Crippen LogP contribution in [0, 0.1) is 11.7 Å². The zero-order valence-electron chi connectivity index (χ0n) is 19.8. The van der Waals surface area contributed by atoms with Gasteiger partial charge in [0.05, 0.1) is 5.02 Å². The average Bonchev–Trinajstić information content (AvgIpc) is 3.14. The highest BCUT2D eigenvalue weighted by Gasteiger charge is 2.70. The molecule has 2 amide bonds. The Bertz CT molecular complexity index is 966. The molecular formula is C25H34ClFN4O4. The third-order valence-electron chi connectivity index (χ3n) is 8.25. The van der Waals surface area contributed by atoms with Crippen LogP contribution in [0.5, 0.6) is 5.75 Å². The monoisotopic (exact) mass is 508 g/mol. The van der Waals surface area contributed by atoms with Gasteiger partial charge in [0.1, 0.15) is 17.1 Å². The highest BCUT2D eigenvalue weighted by atomic mass is 35.5. The minimum atomic E-state index is -0.890. The van der Waals surface area contributed by atoms with E-state index in [2.05, 4.69) is 21.3 Å². The van der Waals surface area contributed by atoms with E-state index in [1.165, 1.54) is 31.4 Å². The molecule has 5 fully saturated rings. The Labute approximate surface area is 209 Å². The standard InChI is InChI=1S/C25H34ClFN4O4/c26-18-9-8-17(10-19(18)27)35-11-20(32)29-23-12-24(13-23,14-23)30-21(33)25(15-28-22(34)31-25)16-6-4-2-1-3-5-7-16/h8-10,16,22,28,31,34H,1-7,11-15H2,(H,29,32)(H,30,33). The first-order valence-corrected chi connectivity index (χ1v) is 13.0. The molecule has 5 aliphatic rings. The van der Waals surface area contributed by atoms with E-state index >= 15 is 0 Å². The van der Waals surface area contributed by atoms with E-state index in [0.717, 1.165) is 31.7 Å². The number of rotatable bonds is 7. The molecule has 5 N–H and O–H groups in total. The number of carbonyl (C=O) groups excluding carboxylic acids is 2. The number of aliphatic hydroxyl groups excluding tert-OH is 1.